The maximum absolute atomic E-state index is 12.8. The summed E-state index contributed by atoms with van der Waals surface area (Å²) in [6, 6.07) is 10.6. The number of hydrogen-bond donors (Lipinski definition) is 2. The number of fused-ring (bicyclic) bond motifs is 3. The third-order valence-electron chi connectivity index (χ3n) is 9.00. The number of piperidine rings is 3. The predicted molar refractivity (Wildman–Crippen MR) is 133 cm³/mol. The highest BCUT2D eigenvalue weighted by molar-refractivity contribution is 5.78. The van der Waals surface area contributed by atoms with E-state index in [1.165, 1.54) is 12.1 Å². The Morgan fingerprint density at radius 1 is 1.25 bits per heavy atom. The van der Waals surface area contributed by atoms with Crippen molar-refractivity contribution in [3.05, 3.63) is 36.0 Å². The third-order valence-corrected chi connectivity index (χ3v) is 9.00. The zero-order valence-corrected chi connectivity index (χ0v) is 21.4. The van der Waals surface area contributed by atoms with E-state index in [2.05, 4.69) is 11.4 Å². The minimum absolute atomic E-state index is 0.00742. The molecule has 194 valence electrons. The Bertz CT molecular complexity index is 1110. The molecule has 1 aliphatic carbocycles. The number of aryl methyl sites for hydroxylation is 1. The van der Waals surface area contributed by atoms with Crippen LogP contribution in [0.4, 0.5) is 0 Å². The largest absolute Gasteiger partial charge is 0.550 e. The number of benzene rings is 1. The molecule has 4 aliphatic rings. The quantitative estimate of drug-likeness (QED) is 0.543. The molecule has 4 heterocycles. The molecule has 2 bridgehead atoms. The lowest BCUT2D eigenvalue weighted by Crippen LogP contribution is -3.20. The summed E-state index contributed by atoms with van der Waals surface area (Å²) in [6.07, 6.45) is 6.17. The third kappa shape index (κ3) is 5.01. The predicted octanol–water partition coefficient (Wildman–Crippen LogP) is 1.06. The second-order valence-electron chi connectivity index (χ2n) is 11.2. The highest BCUT2D eigenvalue weighted by atomic mass is 16.5. The summed E-state index contributed by atoms with van der Waals surface area (Å²) in [4.78, 5) is 25.6. The van der Waals surface area contributed by atoms with Crippen LogP contribution in [0.3, 0.4) is 0 Å². The van der Waals surface area contributed by atoms with Crippen molar-refractivity contribution in [1.82, 2.24) is 15.1 Å². The summed E-state index contributed by atoms with van der Waals surface area (Å²) in [5, 5.41) is 19.2. The van der Waals surface area contributed by atoms with Crippen LogP contribution < -0.4 is 20.1 Å². The normalized spacial score (nSPS) is 26.6. The van der Waals surface area contributed by atoms with E-state index in [4.69, 9.17) is 9.84 Å². The summed E-state index contributed by atoms with van der Waals surface area (Å²) in [5.74, 6) is 0.803. The fourth-order valence-electron chi connectivity index (χ4n) is 7.19. The zero-order valence-electron chi connectivity index (χ0n) is 21.4. The second kappa shape index (κ2) is 10.2. The number of methoxy groups -OCH3 is 1. The van der Waals surface area contributed by atoms with Gasteiger partial charge in [-0.2, -0.15) is 5.10 Å². The first kappa shape index (κ1) is 24.8. The van der Waals surface area contributed by atoms with Gasteiger partial charge in [-0.1, -0.05) is 25.0 Å². The number of aromatic nitrogens is 2. The molecular formula is C28H38N4O4. The average molecular weight is 495 g/mol. The summed E-state index contributed by atoms with van der Waals surface area (Å²) in [6.45, 7) is 2.84. The fourth-order valence-corrected chi connectivity index (χ4v) is 7.19. The molecule has 1 amide bonds. The number of carboxylic acids is 1. The Hall–Kier alpha value is -2.87. The smallest absolute Gasteiger partial charge is 0.220 e. The topological polar surface area (TPSA) is 101 Å². The number of rotatable bonds is 9. The molecule has 1 aromatic heterocycles. The highest BCUT2D eigenvalue weighted by Crippen LogP contribution is 2.44. The number of aliphatic carboxylic acids is 1. The molecule has 4 fully saturated rings. The summed E-state index contributed by atoms with van der Waals surface area (Å²) < 4.78 is 7.58. The molecule has 2 aromatic rings. The van der Waals surface area contributed by atoms with Crippen LogP contribution in [0.2, 0.25) is 0 Å². The molecule has 36 heavy (non-hydrogen) atoms. The number of nitrogens with one attached hydrogen (secondary N) is 2. The molecule has 3 saturated heterocycles. The van der Waals surface area contributed by atoms with E-state index in [0.29, 0.717) is 30.8 Å². The maximum atomic E-state index is 12.8. The number of carboxylic acid groups (broad SMARTS) is 1. The van der Waals surface area contributed by atoms with E-state index >= 15 is 0 Å². The lowest BCUT2D eigenvalue weighted by molar-refractivity contribution is -0.942. The monoisotopic (exact) mass is 494 g/mol. The standard InChI is InChI=1S/C28H38N4O4/c1-31-24(14-23(30-31)21-7-3-4-8-25(21)36-2)22-18-32-12-9-19(22)13-20(32)17-29-26(33)15-28(16-27(34)35)10-5-6-11-28/h3-4,7-8,14,19-20,22H,5-6,9-13,15-18H2,1-2H3,(H,29,33)(H,34,35)/t19-,20+,22-/m0/s1. The Morgan fingerprint density at radius 2 is 2.03 bits per heavy atom. The summed E-state index contributed by atoms with van der Waals surface area (Å²) >= 11 is 0. The minimum atomic E-state index is -1.04. The Balaban J connectivity index is 1.21. The first-order valence-electron chi connectivity index (χ1n) is 13.4. The maximum Gasteiger partial charge on any atom is 0.220 e. The number of para-hydroxylation sites is 1. The first-order chi connectivity index (χ1) is 17.4. The van der Waals surface area contributed by atoms with Gasteiger partial charge in [0, 0.05) is 43.5 Å². The van der Waals surface area contributed by atoms with Gasteiger partial charge >= 0.3 is 0 Å². The van der Waals surface area contributed by atoms with Crippen molar-refractivity contribution in [3.8, 4) is 17.0 Å². The van der Waals surface area contributed by atoms with Crippen LogP contribution in [0.1, 0.15) is 63.0 Å². The van der Waals surface area contributed by atoms with Crippen LogP contribution in [-0.2, 0) is 16.6 Å². The molecular weight excluding hydrogens is 456 g/mol. The molecule has 6 rings (SSSR count). The van der Waals surface area contributed by atoms with E-state index in [-0.39, 0.29) is 12.3 Å². The van der Waals surface area contributed by atoms with Crippen LogP contribution in [0, 0.1) is 11.3 Å². The van der Waals surface area contributed by atoms with Gasteiger partial charge in [0.05, 0.1) is 38.4 Å². The van der Waals surface area contributed by atoms with Gasteiger partial charge in [-0.05, 0) is 48.8 Å². The SMILES string of the molecule is COc1ccccc1-c1cc([C@H]2C[NH+]3CC[C@H]2C[C@@H]3CNC(=O)CC2(CC(=O)[O-])CCCC2)n(C)n1. The summed E-state index contributed by atoms with van der Waals surface area (Å²) in [7, 11) is 3.72. The summed E-state index contributed by atoms with van der Waals surface area (Å²) in [5.41, 5.74) is 2.81. The van der Waals surface area contributed by atoms with Crippen molar-refractivity contribution in [3.63, 3.8) is 0 Å². The van der Waals surface area contributed by atoms with E-state index < -0.39 is 11.4 Å². The Morgan fingerprint density at radius 3 is 2.72 bits per heavy atom. The lowest BCUT2D eigenvalue weighted by atomic mass is 9.74. The van der Waals surface area contributed by atoms with Crippen molar-refractivity contribution in [1.29, 1.82) is 0 Å². The van der Waals surface area contributed by atoms with Crippen LogP contribution in [0.5, 0.6) is 5.75 Å². The lowest BCUT2D eigenvalue weighted by Gasteiger charge is -2.47. The van der Waals surface area contributed by atoms with Gasteiger partial charge in [0.1, 0.15) is 11.8 Å². The number of amides is 1. The molecule has 1 saturated carbocycles. The molecule has 3 aliphatic heterocycles. The first-order valence-corrected chi connectivity index (χ1v) is 13.4. The van der Waals surface area contributed by atoms with E-state index in [9.17, 15) is 14.7 Å². The number of quaternary nitrogens is 1. The van der Waals surface area contributed by atoms with Crippen LogP contribution in [0.25, 0.3) is 11.3 Å². The zero-order chi connectivity index (χ0) is 25.3. The minimum Gasteiger partial charge on any atom is -0.550 e. The second-order valence-corrected chi connectivity index (χ2v) is 11.2. The number of ether oxygens (including phenoxy) is 1. The molecule has 8 heteroatoms. The van der Waals surface area contributed by atoms with Gasteiger partial charge in [0.2, 0.25) is 5.91 Å². The number of carbonyl (C=O) groups excluding carboxylic acids is 2. The molecule has 1 unspecified atom stereocenters. The van der Waals surface area contributed by atoms with Gasteiger partial charge in [0.25, 0.3) is 0 Å². The van der Waals surface area contributed by atoms with Crippen LogP contribution in [0.15, 0.2) is 30.3 Å². The van der Waals surface area contributed by atoms with Crippen molar-refractivity contribution < 1.29 is 24.3 Å². The van der Waals surface area contributed by atoms with Gasteiger partial charge in [-0.25, -0.2) is 0 Å². The van der Waals surface area contributed by atoms with Crippen molar-refractivity contribution in [2.24, 2.45) is 18.4 Å². The molecule has 2 N–H and O–H groups in total. The van der Waals surface area contributed by atoms with Crippen LogP contribution >= 0.6 is 0 Å². The fraction of sp³-hybridized carbons (Fsp3) is 0.607. The van der Waals surface area contributed by atoms with Gasteiger partial charge in [0.15, 0.2) is 0 Å². The van der Waals surface area contributed by atoms with E-state index in [1.807, 2.05) is 36.0 Å². The van der Waals surface area contributed by atoms with E-state index in [0.717, 1.165) is 62.2 Å². The van der Waals surface area contributed by atoms with Crippen molar-refractivity contribution in [2.75, 3.05) is 26.7 Å². The number of hydrogen-bond acceptors (Lipinski definition) is 5. The van der Waals surface area contributed by atoms with Crippen LogP contribution in [-0.4, -0.2) is 54.4 Å². The van der Waals surface area contributed by atoms with Gasteiger partial charge in [-0.15, -0.1) is 0 Å². The highest BCUT2D eigenvalue weighted by Gasteiger charge is 2.45. The molecule has 1 aromatic carbocycles. The van der Waals surface area contributed by atoms with E-state index in [1.54, 1.807) is 12.0 Å². The molecule has 0 radical (unpaired) electrons. The van der Waals surface area contributed by atoms with Crippen molar-refractivity contribution in [2.45, 2.75) is 63.3 Å². The van der Waals surface area contributed by atoms with Gasteiger partial charge < -0.3 is 24.9 Å². The Labute approximate surface area is 213 Å². The number of carbonyl (C=O) groups is 2. The average Bonchev–Trinajstić information content (AvgIpc) is 3.48. The molecule has 0 spiro atoms. The molecule has 4 atom stereocenters. The molecule has 8 nitrogen and oxygen atoms in total. The van der Waals surface area contributed by atoms with Gasteiger partial charge in [-0.3, -0.25) is 9.48 Å². The number of nitrogens with zero attached hydrogens (tertiary/aromatic N) is 2. The Kier molecular flexibility index (Phi) is 7.06. The van der Waals surface area contributed by atoms with Crippen molar-refractivity contribution >= 4 is 11.9 Å².